The minimum Gasteiger partial charge on any atom is -0.356 e. The van der Waals surface area contributed by atoms with E-state index in [0.717, 1.165) is 19.5 Å². The monoisotopic (exact) mass is 471 g/mol. The first-order chi connectivity index (χ1) is 11.9. The lowest BCUT2D eigenvalue weighted by atomic mass is 10.1. The summed E-state index contributed by atoms with van der Waals surface area (Å²) in [6.07, 6.45) is 3.09. The molecule has 144 valence electrons. The number of halogens is 1. The number of nitrogens with one attached hydrogen (secondary N) is 3. The van der Waals surface area contributed by atoms with Crippen molar-refractivity contribution in [3.8, 4) is 0 Å². The quantitative estimate of drug-likeness (QED) is 0.263. The summed E-state index contributed by atoms with van der Waals surface area (Å²) in [5.74, 6) is 0.593. The summed E-state index contributed by atoms with van der Waals surface area (Å²) < 4.78 is 2.25. The lowest BCUT2D eigenvalue weighted by Gasteiger charge is -2.21. The van der Waals surface area contributed by atoms with E-state index in [4.69, 9.17) is 0 Å². The second-order valence-electron chi connectivity index (χ2n) is 7.07. The van der Waals surface area contributed by atoms with Gasteiger partial charge in [0, 0.05) is 37.4 Å². The number of nitrogens with zero attached hydrogens (tertiary/aromatic N) is 2. The molecule has 0 saturated heterocycles. The maximum atomic E-state index is 11.8. The molecule has 3 N–H and O–H groups in total. The van der Waals surface area contributed by atoms with Crippen molar-refractivity contribution >= 4 is 46.7 Å². The summed E-state index contributed by atoms with van der Waals surface area (Å²) in [5.41, 5.74) is 1.03. The zero-order chi connectivity index (χ0) is 18.3. The topological polar surface area (TPSA) is 70.5 Å². The van der Waals surface area contributed by atoms with Crippen LogP contribution in [0.5, 0.6) is 0 Å². The van der Waals surface area contributed by atoms with Crippen LogP contribution in [-0.4, -0.2) is 42.1 Å². The van der Waals surface area contributed by atoms with Crippen LogP contribution in [0.2, 0.25) is 0 Å². The zero-order valence-corrected chi connectivity index (χ0v) is 18.3. The molecule has 0 fully saturated rings. The van der Waals surface area contributed by atoms with Crippen LogP contribution in [0.15, 0.2) is 41.5 Å². The Morgan fingerprint density at radius 1 is 1.15 bits per heavy atom. The van der Waals surface area contributed by atoms with Gasteiger partial charge in [-0.15, -0.1) is 24.0 Å². The third kappa shape index (κ3) is 7.23. The number of rotatable bonds is 6. The number of aliphatic imine (C=N–C) groups is 1. The Morgan fingerprint density at radius 3 is 2.58 bits per heavy atom. The Hall–Kier alpha value is -1.77. The van der Waals surface area contributed by atoms with Gasteiger partial charge in [0.2, 0.25) is 5.91 Å². The molecule has 0 aliphatic rings. The highest BCUT2D eigenvalue weighted by Crippen LogP contribution is 2.15. The maximum absolute atomic E-state index is 11.8. The average molecular weight is 471 g/mol. The van der Waals surface area contributed by atoms with Crippen LogP contribution < -0.4 is 16.0 Å². The minimum atomic E-state index is -0.227. The predicted molar refractivity (Wildman–Crippen MR) is 119 cm³/mol. The molecule has 2 aromatic rings. The van der Waals surface area contributed by atoms with E-state index in [0.29, 0.717) is 5.96 Å². The number of aromatic nitrogens is 1. The van der Waals surface area contributed by atoms with Gasteiger partial charge >= 0.3 is 0 Å². The first kappa shape index (κ1) is 22.3. The molecule has 1 aromatic heterocycles. The van der Waals surface area contributed by atoms with Crippen molar-refractivity contribution < 1.29 is 4.79 Å². The van der Waals surface area contributed by atoms with Gasteiger partial charge in [0.05, 0.1) is 6.54 Å². The first-order valence-electron chi connectivity index (χ1n) is 8.68. The van der Waals surface area contributed by atoms with Gasteiger partial charge in [0.15, 0.2) is 5.96 Å². The smallest absolute Gasteiger partial charge is 0.239 e. The SMILES string of the molecule is CN=C(NCCCn1ccc2ccccc21)NCC(=O)NC(C)(C)C.I. The fraction of sp³-hybridized carbons (Fsp3) is 0.474. The van der Waals surface area contributed by atoms with Gasteiger partial charge in [-0.2, -0.15) is 0 Å². The van der Waals surface area contributed by atoms with E-state index in [1.807, 2.05) is 20.8 Å². The molecule has 0 aliphatic carbocycles. The van der Waals surface area contributed by atoms with Crippen molar-refractivity contribution in [2.24, 2.45) is 4.99 Å². The van der Waals surface area contributed by atoms with Crippen molar-refractivity contribution in [3.63, 3.8) is 0 Å². The molecule has 1 amide bonds. The molecule has 0 aliphatic heterocycles. The highest BCUT2D eigenvalue weighted by atomic mass is 127. The van der Waals surface area contributed by atoms with Gasteiger partial charge in [-0.05, 0) is 44.7 Å². The van der Waals surface area contributed by atoms with Crippen LogP contribution in [-0.2, 0) is 11.3 Å². The summed E-state index contributed by atoms with van der Waals surface area (Å²) in [6, 6.07) is 10.5. The van der Waals surface area contributed by atoms with Gasteiger partial charge < -0.3 is 20.5 Å². The van der Waals surface area contributed by atoms with E-state index < -0.39 is 0 Å². The fourth-order valence-electron chi connectivity index (χ4n) is 2.64. The molecule has 26 heavy (non-hydrogen) atoms. The van der Waals surface area contributed by atoms with Crippen LogP contribution in [0.3, 0.4) is 0 Å². The fourth-order valence-corrected chi connectivity index (χ4v) is 2.64. The average Bonchev–Trinajstić information content (AvgIpc) is 2.96. The molecular formula is C19H30IN5O. The molecule has 0 unspecified atom stereocenters. The second-order valence-corrected chi connectivity index (χ2v) is 7.07. The molecule has 0 saturated carbocycles. The van der Waals surface area contributed by atoms with E-state index in [-0.39, 0.29) is 42.0 Å². The predicted octanol–water partition coefficient (Wildman–Crippen LogP) is 2.73. The standard InChI is InChI=1S/C19H29N5O.HI/c1-19(2,3)23-17(25)14-22-18(20-4)21-11-7-12-24-13-10-15-8-5-6-9-16(15)24;/h5-6,8-10,13H,7,11-12,14H2,1-4H3,(H,23,25)(H2,20,21,22);1H. The Morgan fingerprint density at radius 2 is 1.88 bits per heavy atom. The molecule has 6 nitrogen and oxygen atoms in total. The molecule has 0 bridgehead atoms. The number of aryl methyl sites for hydroxylation is 1. The maximum Gasteiger partial charge on any atom is 0.239 e. The van der Waals surface area contributed by atoms with E-state index in [1.54, 1.807) is 7.05 Å². The number of guanidine groups is 1. The Bertz CT molecular complexity index is 733. The van der Waals surface area contributed by atoms with Gasteiger partial charge in [-0.3, -0.25) is 9.79 Å². The lowest BCUT2D eigenvalue weighted by molar-refractivity contribution is -0.121. The van der Waals surface area contributed by atoms with Crippen molar-refractivity contribution in [3.05, 3.63) is 36.5 Å². The van der Waals surface area contributed by atoms with Crippen molar-refractivity contribution in [1.82, 2.24) is 20.5 Å². The first-order valence-corrected chi connectivity index (χ1v) is 8.68. The Labute approximate surface area is 172 Å². The highest BCUT2D eigenvalue weighted by Gasteiger charge is 2.13. The summed E-state index contributed by atoms with van der Waals surface area (Å²) in [6.45, 7) is 7.81. The lowest BCUT2D eigenvalue weighted by Crippen LogP contribution is -2.48. The molecule has 1 aromatic carbocycles. The zero-order valence-electron chi connectivity index (χ0n) is 16.0. The molecule has 0 atom stereocenters. The number of carbonyl (C=O) groups is 1. The summed E-state index contributed by atoms with van der Waals surface area (Å²) >= 11 is 0. The van der Waals surface area contributed by atoms with Crippen LogP contribution in [0.1, 0.15) is 27.2 Å². The van der Waals surface area contributed by atoms with Gasteiger partial charge in [0.1, 0.15) is 0 Å². The van der Waals surface area contributed by atoms with Crippen LogP contribution in [0.25, 0.3) is 10.9 Å². The number of amides is 1. The van der Waals surface area contributed by atoms with Crippen molar-refractivity contribution in [1.29, 1.82) is 0 Å². The Kier molecular flexibility index (Phi) is 8.91. The third-order valence-corrected chi connectivity index (χ3v) is 3.70. The number of hydrogen-bond donors (Lipinski definition) is 3. The summed E-state index contributed by atoms with van der Waals surface area (Å²) in [4.78, 5) is 16.0. The summed E-state index contributed by atoms with van der Waals surface area (Å²) in [7, 11) is 1.70. The molecule has 0 spiro atoms. The Balaban J connectivity index is 0.00000338. The highest BCUT2D eigenvalue weighted by molar-refractivity contribution is 14.0. The van der Waals surface area contributed by atoms with Crippen LogP contribution in [0.4, 0.5) is 0 Å². The molecule has 0 radical (unpaired) electrons. The number of benzene rings is 1. The van der Waals surface area contributed by atoms with E-state index in [1.165, 1.54) is 10.9 Å². The van der Waals surface area contributed by atoms with Gasteiger partial charge in [0.25, 0.3) is 0 Å². The number of carbonyl (C=O) groups excluding carboxylic acids is 1. The molecule has 2 rings (SSSR count). The number of fused-ring (bicyclic) bond motifs is 1. The normalized spacial score (nSPS) is 11.8. The van der Waals surface area contributed by atoms with Crippen molar-refractivity contribution in [2.45, 2.75) is 39.3 Å². The van der Waals surface area contributed by atoms with Crippen LogP contribution >= 0.6 is 24.0 Å². The van der Waals surface area contributed by atoms with Gasteiger partial charge in [-0.1, -0.05) is 18.2 Å². The minimum absolute atomic E-state index is 0. The van der Waals surface area contributed by atoms with E-state index in [9.17, 15) is 4.79 Å². The number of para-hydroxylation sites is 1. The van der Waals surface area contributed by atoms with Crippen molar-refractivity contribution in [2.75, 3.05) is 20.1 Å². The summed E-state index contributed by atoms with van der Waals surface area (Å²) in [5, 5.41) is 10.5. The molecule has 1 heterocycles. The van der Waals surface area contributed by atoms with Crippen LogP contribution in [0, 0.1) is 0 Å². The molecular weight excluding hydrogens is 441 g/mol. The molecule has 7 heteroatoms. The van der Waals surface area contributed by atoms with E-state index in [2.05, 4.69) is 62.0 Å². The number of hydrogen-bond acceptors (Lipinski definition) is 2. The third-order valence-electron chi connectivity index (χ3n) is 3.70. The largest absolute Gasteiger partial charge is 0.356 e. The van der Waals surface area contributed by atoms with Gasteiger partial charge in [-0.25, -0.2) is 0 Å². The second kappa shape index (κ2) is 10.4. The van der Waals surface area contributed by atoms with E-state index >= 15 is 0 Å².